The minimum absolute atomic E-state index is 0.0992. The Balaban J connectivity index is 1.60. The van der Waals surface area contributed by atoms with Crippen LogP contribution in [0.15, 0.2) is 24.3 Å². The highest BCUT2D eigenvalue weighted by molar-refractivity contribution is 5.94. The average molecular weight is 360 g/mol. The van der Waals surface area contributed by atoms with E-state index in [-0.39, 0.29) is 17.9 Å². The molecule has 0 saturated carbocycles. The van der Waals surface area contributed by atoms with Gasteiger partial charge in [-0.25, -0.2) is 0 Å². The molecule has 0 radical (unpaired) electrons. The number of hydrogen-bond donors (Lipinski definition) is 1. The van der Waals surface area contributed by atoms with Gasteiger partial charge in [0.1, 0.15) is 0 Å². The summed E-state index contributed by atoms with van der Waals surface area (Å²) in [5, 5.41) is 9.77. The van der Waals surface area contributed by atoms with E-state index in [2.05, 4.69) is 35.9 Å². The van der Waals surface area contributed by atoms with E-state index in [0.29, 0.717) is 6.54 Å². The average Bonchev–Trinajstić information content (AvgIpc) is 2.70. The fourth-order valence-electron chi connectivity index (χ4n) is 4.11. The second-order valence-electron chi connectivity index (χ2n) is 8.12. The van der Waals surface area contributed by atoms with Gasteiger partial charge in [-0.2, -0.15) is 0 Å². The largest absolute Gasteiger partial charge is 0.396 e. The Morgan fingerprint density at radius 1 is 1.12 bits per heavy atom. The van der Waals surface area contributed by atoms with Crippen molar-refractivity contribution in [3.8, 4) is 0 Å². The Morgan fingerprint density at radius 2 is 1.81 bits per heavy atom. The monoisotopic (exact) mass is 359 g/mol. The summed E-state index contributed by atoms with van der Waals surface area (Å²) in [6.45, 7) is 9.14. The normalized spacial score (nSPS) is 25.4. The number of carbonyl (C=O) groups is 1. The lowest BCUT2D eigenvalue weighted by Crippen LogP contribution is -2.47. The fourth-order valence-corrected chi connectivity index (χ4v) is 4.11. The van der Waals surface area contributed by atoms with Crippen molar-refractivity contribution >= 4 is 5.91 Å². The Labute approximate surface area is 157 Å². The van der Waals surface area contributed by atoms with Crippen LogP contribution < -0.4 is 0 Å². The Kier molecular flexibility index (Phi) is 6.33. The van der Waals surface area contributed by atoms with E-state index >= 15 is 0 Å². The molecule has 5 heteroatoms. The predicted molar refractivity (Wildman–Crippen MR) is 104 cm³/mol. The molecule has 1 aromatic rings. The highest BCUT2D eigenvalue weighted by Gasteiger charge is 2.35. The number of carbonyl (C=O) groups excluding carboxylic acids is 1. The van der Waals surface area contributed by atoms with Gasteiger partial charge in [0, 0.05) is 56.8 Å². The number of amides is 1. The quantitative estimate of drug-likeness (QED) is 0.874. The Morgan fingerprint density at radius 3 is 2.42 bits per heavy atom. The second kappa shape index (κ2) is 8.51. The van der Waals surface area contributed by atoms with Gasteiger partial charge >= 0.3 is 0 Å². The number of piperazine rings is 1. The molecule has 0 aromatic heterocycles. The smallest absolute Gasteiger partial charge is 0.253 e. The van der Waals surface area contributed by atoms with E-state index in [9.17, 15) is 9.90 Å². The number of hydrogen-bond acceptors (Lipinski definition) is 4. The van der Waals surface area contributed by atoms with Gasteiger partial charge in [-0.15, -0.1) is 0 Å². The van der Waals surface area contributed by atoms with Crippen LogP contribution in [-0.4, -0.2) is 78.6 Å². The fraction of sp³-hybridized carbons (Fsp3) is 0.667. The summed E-state index contributed by atoms with van der Waals surface area (Å²) in [5.41, 5.74) is 1.91. The number of likely N-dealkylation sites (N-methyl/N-ethyl adjacent to an activating group) is 1. The van der Waals surface area contributed by atoms with Crippen molar-refractivity contribution in [3.63, 3.8) is 0 Å². The minimum atomic E-state index is -0.116. The number of benzene rings is 1. The maximum absolute atomic E-state index is 12.9. The molecule has 1 atom stereocenters. The Hall–Kier alpha value is -1.43. The summed E-state index contributed by atoms with van der Waals surface area (Å²) in [7, 11) is 2.17. The molecule has 2 heterocycles. The van der Waals surface area contributed by atoms with Crippen molar-refractivity contribution in [2.45, 2.75) is 32.7 Å². The lowest BCUT2D eigenvalue weighted by molar-refractivity contribution is 0.0251. The van der Waals surface area contributed by atoms with Crippen LogP contribution in [0.3, 0.4) is 0 Å². The highest BCUT2D eigenvalue weighted by atomic mass is 16.3. The highest BCUT2D eigenvalue weighted by Crippen LogP contribution is 2.33. The first-order valence-electron chi connectivity index (χ1n) is 9.95. The van der Waals surface area contributed by atoms with E-state index in [1.807, 2.05) is 17.0 Å². The van der Waals surface area contributed by atoms with Crippen LogP contribution in [0.4, 0.5) is 0 Å². The molecular formula is C21H33N3O2. The summed E-state index contributed by atoms with van der Waals surface area (Å²) >= 11 is 0. The van der Waals surface area contributed by atoms with E-state index in [4.69, 9.17) is 0 Å². The van der Waals surface area contributed by atoms with Crippen molar-refractivity contribution in [2.75, 3.05) is 52.9 Å². The second-order valence-corrected chi connectivity index (χ2v) is 8.12. The van der Waals surface area contributed by atoms with Crippen LogP contribution in [0.2, 0.25) is 0 Å². The van der Waals surface area contributed by atoms with Gasteiger partial charge in [0.2, 0.25) is 0 Å². The third-order valence-electron chi connectivity index (χ3n) is 6.24. The molecule has 1 amide bonds. The molecule has 26 heavy (non-hydrogen) atoms. The molecule has 2 aliphatic heterocycles. The zero-order valence-corrected chi connectivity index (χ0v) is 16.3. The van der Waals surface area contributed by atoms with Gasteiger partial charge in [-0.3, -0.25) is 9.69 Å². The zero-order valence-electron chi connectivity index (χ0n) is 16.3. The third-order valence-corrected chi connectivity index (χ3v) is 6.24. The van der Waals surface area contributed by atoms with Crippen LogP contribution in [0.25, 0.3) is 0 Å². The molecule has 2 saturated heterocycles. The molecule has 0 aliphatic carbocycles. The van der Waals surface area contributed by atoms with Crippen molar-refractivity contribution in [1.82, 2.24) is 14.7 Å². The summed E-state index contributed by atoms with van der Waals surface area (Å²) in [5.74, 6) is 0.0992. The Bertz CT molecular complexity index is 590. The first-order valence-corrected chi connectivity index (χ1v) is 9.95. The summed E-state index contributed by atoms with van der Waals surface area (Å²) in [4.78, 5) is 19.6. The summed E-state index contributed by atoms with van der Waals surface area (Å²) in [6.07, 6.45) is 2.90. The third kappa shape index (κ3) is 4.45. The van der Waals surface area contributed by atoms with E-state index in [1.165, 1.54) is 5.56 Å². The lowest BCUT2D eigenvalue weighted by atomic mass is 9.78. The van der Waals surface area contributed by atoms with Gasteiger partial charge < -0.3 is 14.9 Å². The number of nitrogens with zero attached hydrogens (tertiary/aromatic N) is 3. The van der Waals surface area contributed by atoms with Crippen LogP contribution in [0.1, 0.15) is 42.1 Å². The van der Waals surface area contributed by atoms with Gasteiger partial charge in [0.25, 0.3) is 5.91 Å². The molecule has 144 valence electrons. The summed E-state index contributed by atoms with van der Waals surface area (Å²) in [6, 6.07) is 8.12. The van der Waals surface area contributed by atoms with Crippen molar-refractivity contribution < 1.29 is 9.90 Å². The molecule has 2 fully saturated rings. The number of aliphatic hydroxyl groups is 1. The number of likely N-dealkylation sites (tertiary alicyclic amines) is 1. The molecule has 0 unspecified atom stereocenters. The van der Waals surface area contributed by atoms with Gasteiger partial charge in [0.15, 0.2) is 0 Å². The first kappa shape index (κ1) is 19.3. The van der Waals surface area contributed by atoms with Crippen molar-refractivity contribution in [1.29, 1.82) is 0 Å². The van der Waals surface area contributed by atoms with Crippen LogP contribution in [-0.2, 0) is 6.54 Å². The minimum Gasteiger partial charge on any atom is -0.396 e. The van der Waals surface area contributed by atoms with Gasteiger partial charge in [-0.1, -0.05) is 19.1 Å². The number of rotatable bonds is 5. The topological polar surface area (TPSA) is 47.0 Å². The van der Waals surface area contributed by atoms with Crippen molar-refractivity contribution in [2.24, 2.45) is 5.41 Å². The van der Waals surface area contributed by atoms with E-state index < -0.39 is 0 Å². The SMILES string of the molecule is CC[C@]1(CO)CCCN(C(=O)c2ccc(CN3CCN(C)CC3)cc2)C1. The van der Waals surface area contributed by atoms with Crippen molar-refractivity contribution in [3.05, 3.63) is 35.4 Å². The van der Waals surface area contributed by atoms with Crippen LogP contribution >= 0.6 is 0 Å². The van der Waals surface area contributed by atoms with Gasteiger partial charge in [0.05, 0.1) is 6.61 Å². The standard InChI is InChI=1S/C21H33N3O2/c1-3-21(17-25)9-4-10-24(16-21)20(26)19-7-5-18(6-8-19)15-23-13-11-22(2)12-14-23/h5-8,25H,3-4,9-17H2,1-2H3/t21-/m0/s1. The molecule has 0 spiro atoms. The van der Waals surface area contributed by atoms with E-state index in [0.717, 1.165) is 64.1 Å². The zero-order chi connectivity index (χ0) is 18.6. The lowest BCUT2D eigenvalue weighted by Gasteiger charge is -2.41. The van der Waals surface area contributed by atoms with E-state index in [1.54, 1.807) is 0 Å². The molecule has 2 aliphatic rings. The van der Waals surface area contributed by atoms with Crippen LogP contribution in [0.5, 0.6) is 0 Å². The molecule has 1 N–H and O–H groups in total. The maximum Gasteiger partial charge on any atom is 0.253 e. The molecule has 3 rings (SSSR count). The summed E-state index contributed by atoms with van der Waals surface area (Å²) < 4.78 is 0. The van der Waals surface area contributed by atoms with Crippen LogP contribution in [0, 0.1) is 5.41 Å². The molecule has 1 aromatic carbocycles. The number of piperidine rings is 1. The predicted octanol–water partition coefficient (Wildman–Crippen LogP) is 2.06. The molecule has 0 bridgehead atoms. The molecular weight excluding hydrogens is 326 g/mol. The molecule has 5 nitrogen and oxygen atoms in total. The van der Waals surface area contributed by atoms with Gasteiger partial charge in [-0.05, 0) is 44.0 Å². The number of aliphatic hydroxyl groups excluding tert-OH is 1. The first-order chi connectivity index (χ1) is 12.5. The maximum atomic E-state index is 12.9.